The number of unbranched alkanes of at least 4 members (excludes halogenated alkanes) is 11. The van der Waals surface area contributed by atoms with Crippen molar-refractivity contribution in [3.63, 3.8) is 0 Å². The third-order valence-corrected chi connectivity index (χ3v) is 9.43. The predicted octanol–water partition coefficient (Wildman–Crippen LogP) is 5.53. The van der Waals surface area contributed by atoms with Gasteiger partial charge in [-0.15, -0.1) is 0 Å². The molecule has 1 atom stereocenters. The van der Waals surface area contributed by atoms with Gasteiger partial charge < -0.3 is 10.6 Å². The molecule has 51 heavy (non-hydrogen) atoms. The van der Waals surface area contributed by atoms with Gasteiger partial charge in [-0.25, -0.2) is 5.43 Å². The van der Waals surface area contributed by atoms with Gasteiger partial charge in [-0.05, 0) is 55.5 Å². The van der Waals surface area contributed by atoms with Crippen LogP contribution in [0.25, 0.3) is 0 Å². The van der Waals surface area contributed by atoms with E-state index < -0.39 is 29.7 Å². The summed E-state index contributed by atoms with van der Waals surface area (Å²) in [5.74, 6) is -2.13. The number of piperidine rings is 1. The van der Waals surface area contributed by atoms with E-state index in [-0.39, 0.29) is 30.2 Å². The van der Waals surface area contributed by atoms with Gasteiger partial charge in [0.15, 0.2) is 0 Å². The number of hydrogen-bond donors (Lipinski definition) is 5. The molecule has 0 saturated carbocycles. The van der Waals surface area contributed by atoms with Crippen molar-refractivity contribution in [2.45, 2.75) is 122 Å². The van der Waals surface area contributed by atoms with Gasteiger partial charge in [0.25, 0.3) is 17.7 Å². The Kier molecular flexibility index (Phi) is 16.1. The number of amides is 6. The molecule has 0 radical (unpaired) electrons. The number of nitrogens with one attached hydrogen (secondary N) is 5. The molecular weight excluding hydrogens is 648 g/mol. The fraction of sp³-hybridized carbons (Fsp3) is 0.538. The number of hydrazine groups is 1. The summed E-state index contributed by atoms with van der Waals surface area (Å²) in [7, 11) is 0. The van der Waals surface area contributed by atoms with Crippen LogP contribution in [0.1, 0.15) is 146 Å². The number of fused-ring (bicyclic) bond motifs is 1. The maximum absolute atomic E-state index is 13.2. The minimum Gasteiger partial charge on any atom is -0.384 e. The van der Waals surface area contributed by atoms with Gasteiger partial charge in [-0.2, -0.15) is 0 Å². The first kappa shape index (κ1) is 39.2. The lowest BCUT2D eigenvalue weighted by Crippen LogP contribution is -2.54. The Hall–Kier alpha value is -4.58. The Bertz CT molecular complexity index is 1510. The van der Waals surface area contributed by atoms with E-state index in [1.54, 1.807) is 30.3 Å². The highest BCUT2D eigenvalue weighted by molar-refractivity contribution is 6.25. The maximum Gasteiger partial charge on any atom is 0.265 e. The van der Waals surface area contributed by atoms with Crippen LogP contribution in [0.15, 0.2) is 42.5 Å². The highest BCUT2D eigenvalue weighted by atomic mass is 16.2. The number of rotatable bonds is 23. The Morgan fingerprint density at radius 1 is 0.784 bits per heavy atom. The zero-order chi connectivity index (χ0) is 36.4. The number of imide groups is 2. The smallest absolute Gasteiger partial charge is 0.265 e. The van der Waals surface area contributed by atoms with Gasteiger partial charge in [-0.3, -0.25) is 44.4 Å². The largest absolute Gasteiger partial charge is 0.384 e. The van der Waals surface area contributed by atoms with Crippen molar-refractivity contribution in [1.82, 2.24) is 26.4 Å². The molecule has 12 heteroatoms. The molecule has 2 aliphatic heterocycles. The summed E-state index contributed by atoms with van der Waals surface area (Å²) < 4.78 is 0. The van der Waals surface area contributed by atoms with E-state index in [0.29, 0.717) is 36.3 Å². The summed E-state index contributed by atoms with van der Waals surface area (Å²) in [4.78, 5) is 75.6. The van der Waals surface area contributed by atoms with Crippen LogP contribution < -0.4 is 26.8 Å². The summed E-state index contributed by atoms with van der Waals surface area (Å²) in [6, 6.07) is 11.4. The molecule has 1 saturated heterocycles. The van der Waals surface area contributed by atoms with Crippen molar-refractivity contribution >= 4 is 41.1 Å². The molecule has 1 unspecified atom stereocenters. The van der Waals surface area contributed by atoms with E-state index in [1.165, 1.54) is 12.8 Å². The van der Waals surface area contributed by atoms with Crippen LogP contribution >= 0.6 is 0 Å². The molecule has 4 rings (SSSR count). The standard InChI is InChI=1S/C39H54N6O6/c1-2-3-4-14-26-42-44-36(48)29-21-19-28(20-22-29)27-41-33(46)18-12-10-8-6-5-7-9-11-13-25-40-31-17-15-16-30-35(31)39(51)45(38(30)50)32-23-24-34(47)43-37(32)49/h15-17,19-22,32,40,42H,2-14,18,23-27H2,1H3,(H,41,46)(H,44,48)(H,43,47,49). The molecule has 1 fully saturated rings. The van der Waals surface area contributed by atoms with Crippen molar-refractivity contribution < 1.29 is 28.8 Å². The molecular formula is C39H54N6O6. The third kappa shape index (κ3) is 12.0. The topological polar surface area (TPSA) is 166 Å². The van der Waals surface area contributed by atoms with E-state index in [2.05, 4.69) is 33.7 Å². The average Bonchev–Trinajstić information content (AvgIpc) is 3.38. The van der Waals surface area contributed by atoms with Crippen LogP contribution in [0.3, 0.4) is 0 Å². The van der Waals surface area contributed by atoms with Crippen LogP contribution in [-0.2, 0) is 20.9 Å². The maximum atomic E-state index is 13.2. The molecule has 2 heterocycles. The zero-order valence-electron chi connectivity index (χ0n) is 30.0. The second-order valence-electron chi connectivity index (χ2n) is 13.4. The van der Waals surface area contributed by atoms with Gasteiger partial charge in [0.2, 0.25) is 17.7 Å². The van der Waals surface area contributed by atoms with Gasteiger partial charge >= 0.3 is 0 Å². The second-order valence-corrected chi connectivity index (χ2v) is 13.4. The molecule has 2 aromatic carbocycles. The molecule has 0 aromatic heterocycles. The first-order valence-corrected chi connectivity index (χ1v) is 18.8. The minimum atomic E-state index is -0.974. The van der Waals surface area contributed by atoms with E-state index in [9.17, 15) is 28.8 Å². The van der Waals surface area contributed by atoms with E-state index in [0.717, 1.165) is 87.6 Å². The lowest BCUT2D eigenvalue weighted by Gasteiger charge is -2.27. The number of benzene rings is 2. The van der Waals surface area contributed by atoms with Crippen LogP contribution in [0.2, 0.25) is 0 Å². The van der Waals surface area contributed by atoms with E-state index in [1.807, 2.05) is 12.1 Å². The lowest BCUT2D eigenvalue weighted by atomic mass is 10.0. The van der Waals surface area contributed by atoms with Gasteiger partial charge in [0.1, 0.15) is 6.04 Å². The molecule has 0 aliphatic carbocycles. The fourth-order valence-corrected chi connectivity index (χ4v) is 6.45. The number of carbonyl (C=O) groups excluding carboxylic acids is 6. The van der Waals surface area contributed by atoms with E-state index >= 15 is 0 Å². The van der Waals surface area contributed by atoms with Gasteiger partial charge in [0, 0.05) is 43.7 Å². The van der Waals surface area contributed by atoms with Crippen molar-refractivity contribution in [1.29, 1.82) is 0 Å². The molecule has 6 amide bonds. The number of anilines is 1. The SMILES string of the molecule is CCCCCCNNC(=O)c1ccc(CNC(=O)CCCCCCCCCCCNc2cccc3c2C(=O)N(C2CCC(=O)NC2=O)C3=O)cc1. The molecule has 2 aliphatic rings. The number of hydrogen-bond acceptors (Lipinski definition) is 8. The molecule has 0 bridgehead atoms. The Balaban J connectivity index is 0.995. The van der Waals surface area contributed by atoms with Crippen molar-refractivity contribution in [2.75, 3.05) is 18.4 Å². The number of nitrogens with zero attached hydrogens (tertiary/aromatic N) is 1. The third-order valence-electron chi connectivity index (χ3n) is 9.43. The normalized spacial score (nSPS) is 15.5. The monoisotopic (exact) mass is 702 g/mol. The second kappa shape index (κ2) is 20.9. The van der Waals surface area contributed by atoms with Crippen LogP contribution in [0.4, 0.5) is 5.69 Å². The van der Waals surface area contributed by atoms with Crippen molar-refractivity contribution in [3.05, 3.63) is 64.7 Å². The minimum absolute atomic E-state index is 0.0424. The quantitative estimate of drug-likeness (QED) is 0.0573. The van der Waals surface area contributed by atoms with Crippen molar-refractivity contribution in [3.8, 4) is 0 Å². The Morgan fingerprint density at radius 2 is 1.45 bits per heavy atom. The fourth-order valence-electron chi connectivity index (χ4n) is 6.45. The molecule has 12 nitrogen and oxygen atoms in total. The summed E-state index contributed by atoms with van der Waals surface area (Å²) >= 11 is 0. The number of carbonyl (C=O) groups is 6. The molecule has 5 N–H and O–H groups in total. The molecule has 2 aromatic rings. The lowest BCUT2D eigenvalue weighted by molar-refractivity contribution is -0.136. The first-order chi connectivity index (χ1) is 24.8. The summed E-state index contributed by atoms with van der Waals surface area (Å²) in [6.45, 7) is 4.03. The Labute approximate surface area is 301 Å². The summed E-state index contributed by atoms with van der Waals surface area (Å²) in [5.41, 5.74) is 8.40. The molecule has 276 valence electrons. The van der Waals surface area contributed by atoms with Crippen molar-refractivity contribution in [2.24, 2.45) is 0 Å². The highest BCUT2D eigenvalue weighted by Gasteiger charge is 2.45. The first-order valence-electron chi connectivity index (χ1n) is 18.8. The van der Waals surface area contributed by atoms with Gasteiger partial charge in [-0.1, -0.05) is 89.3 Å². The van der Waals surface area contributed by atoms with Crippen LogP contribution in [-0.4, -0.2) is 59.5 Å². The van der Waals surface area contributed by atoms with E-state index in [4.69, 9.17) is 0 Å². The van der Waals surface area contributed by atoms with Crippen LogP contribution in [0.5, 0.6) is 0 Å². The predicted molar refractivity (Wildman–Crippen MR) is 196 cm³/mol. The summed E-state index contributed by atoms with van der Waals surface area (Å²) in [5, 5.41) is 8.50. The zero-order valence-corrected chi connectivity index (χ0v) is 30.0. The Morgan fingerprint density at radius 3 is 2.16 bits per heavy atom. The molecule has 0 spiro atoms. The van der Waals surface area contributed by atoms with Gasteiger partial charge in [0.05, 0.1) is 11.1 Å². The average molecular weight is 703 g/mol. The highest BCUT2D eigenvalue weighted by Crippen LogP contribution is 2.32. The summed E-state index contributed by atoms with van der Waals surface area (Å²) in [6.07, 6.45) is 14.8. The van der Waals surface area contributed by atoms with Crippen LogP contribution in [0, 0.1) is 0 Å².